The lowest BCUT2D eigenvalue weighted by atomic mass is 9.71. The Balaban J connectivity index is 2.54. The van der Waals surface area contributed by atoms with Gasteiger partial charge >= 0.3 is 6.18 Å². The fraction of sp³-hybridized carbons (Fsp3) is 0.364. The van der Waals surface area contributed by atoms with Gasteiger partial charge < -0.3 is 0 Å². The number of benzene rings is 2. The van der Waals surface area contributed by atoms with Crippen LogP contribution in [-0.4, -0.2) is 6.18 Å². The van der Waals surface area contributed by atoms with Gasteiger partial charge in [0.15, 0.2) is 0 Å². The van der Waals surface area contributed by atoms with Crippen molar-refractivity contribution in [1.82, 2.24) is 0 Å². The van der Waals surface area contributed by atoms with Crippen molar-refractivity contribution in [2.24, 2.45) is 0 Å². The average Bonchev–Trinajstić information content (AvgIpc) is 2.52. The third-order valence-electron chi connectivity index (χ3n) is 5.00. The zero-order valence-electron chi connectivity index (χ0n) is 15.6. The van der Waals surface area contributed by atoms with E-state index in [1.807, 2.05) is 6.07 Å². The van der Waals surface area contributed by atoms with Crippen LogP contribution in [0.25, 0.3) is 5.57 Å². The van der Waals surface area contributed by atoms with E-state index in [2.05, 4.69) is 6.58 Å². The normalized spacial score (nSPS) is 14.2. The fourth-order valence-corrected chi connectivity index (χ4v) is 3.48. The summed E-state index contributed by atoms with van der Waals surface area (Å²) < 4.78 is 56.2. The zero-order chi connectivity index (χ0) is 19.7. The molecule has 0 aliphatic carbocycles. The van der Waals surface area contributed by atoms with Crippen molar-refractivity contribution in [3.63, 3.8) is 0 Å². The second kappa shape index (κ2) is 7.26. The Morgan fingerprint density at radius 1 is 0.962 bits per heavy atom. The number of rotatable bonds is 5. The fourth-order valence-electron chi connectivity index (χ4n) is 3.48. The van der Waals surface area contributed by atoms with E-state index in [-0.39, 0.29) is 24.2 Å². The van der Waals surface area contributed by atoms with Crippen LogP contribution >= 0.6 is 0 Å². The molecule has 1 unspecified atom stereocenters. The first-order valence-corrected chi connectivity index (χ1v) is 8.60. The number of hydrogen-bond donors (Lipinski definition) is 0. The van der Waals surface area contributed by atoms with Gasteiger partial charge in [0.1, 0.15) is 5.82 Å². The molecule has 0 aliphatic rings. The van der Waals surface area contributed by atoms with Crippen LogP contribution < -0.4 is 0 Å². The maximum Gasteiger partial charge on any atom is 0.398 e. The Kier molecular flexibility index (Phi) is 5.64. The molecule has 26 heavy (non-hydrogen) atoms. The Morgan fingerprint density at radius 2 is 1.54 bits per heavy atom. The molecule has 0 amide bonds. The Morgan fingerprint density at radius 3 is 2.00 bits per heavy atom. The van der Waals surface area contributed by atoms with Crippen LogP contribution in [0, 0.1) is 26.6 Å². The summed E-state index contributed by atoms with van der Waals surface area (Å²) in [6, 6.07) is 9.38. The molecule has 0 aromatic heterocycles. The maximum absolute atomic E-state index is 14.2. The highest BCUT2D eigenvalue weighted by Gasteiger charge is 2.54. The first kappa shape index (κ1) is 20.2. The number of alkyl halides is 3. The van der Waals surface area contributed by atoms with Crippen molar-refractivity contribution in [1.29, 1.82) is 0 Å². The second-order valence-corrected chi connectivity index (χ2v) is 7.05. The highest BCUT2D eigenvalue weighted by molar-refractivity contribution is 5.66. The number of allylic oxidation sites excluding steroid dienone is 1. The van der Waals surface area contributed by atoms with E-state index < -0.39 is 11.6 Å². The molecule has 0 aliphatic heterocycles. The molecule has 2 aromatic carbocycles. The first-order chi connectivity index (χ1) is 12.0. The van der Waals surface area contributed by atoms with E-state index in [0.29, 0.717) is 16.7 Å². The topological polar surface area (TPSA) is 0 Å². The molecule has 0 fully saturated rings. The predicted octanol–water partition coefficient (Wildman–Crippen LogP) is 7.06. The average molecular weight is 364 g/mol. The lowest BCUT2D eigenvalue weighted by Crippen LogP contribution is -2.42. The lowest BCUT2D eigenvalue weighted by Gasteiger charge is -2.37. The van der Waals surface area contributed by atoms with Crippen LogP contribution in [-0.2, 0) is 5.41 Å². The van der Waals surface area contributed by atoms with Crippen molar-refractivity contribution in [3.05, 3.63) is 76.6 Å². The summed E-state index contributed by atoms with van der Waals surface area (Å²) in [6.07, 6.45) is -4.79. The molecule has 0 radical (unpaired) electrons. The van der Waals surface area contributed by atoms with Crippen molar-refractivity contribution >= 4 is 5.57 Å². The summed E-state index contributed by atoms with van der Waals surface area (Å²) in [5, 5.41) is 0. The van der Waals surface area contributed by atoms with E-state index in [9.17, 15) is 17.6 Å². The third kappa shape index (κ3) is 3.84. The van der Waals surface area contributed by atoms with Gasteiger partial charge in [-0.1, -0.05) is 48.9 Å². The lowest BCUT2D eigenvalue weighted by molar-refractivity contribution is -0.190. The Bertz CT molecular complexity index is 797. The quantitative estimate of drug-likeness (QED) is 0.498. The molecular weight excluding hydrogens is 340 g/mol. The SMILES string of the molecule is C=C(CC(CC)(c1cc(C)cc(C)c1)C(F)(F)F)c1ccc(F)c(C)c1. The Labute approximate surface area is 152 Å². The van der Waals surface area contributed by atoms with Gasteiger partial charge in [-0.15, -0.1) is 0 Å². The smallest absolute Gasteiger partial charge is 0.207 e. The zero-order valence-corrected chi connectivity index (χ0v) is 15.6. The first-order valence-electron chi connectivity index (χ1n) is 8.60. The number of halogens is 4. The maximum atomic E-state index is 14.2. The minimum atomic E-state index is -4.43. The molecule has 0 nitrogen and oxygen atoms in total. The van der Waals surface area contributed by atoms with Gasteiger partial charge in [-0.2, -0.15) is 13.2 Å². The van der Waals surface area contributed by atoms with Crippen LogP contribution in [0.3, 0.4) is 0 Å². The molecule has 2 rings (SSSR count). The summed E-state index contributed by atoms with van der Waals surface area (Å²) in [7, 11) is 0. The molecule has 0 bridgehead atoms. The van der Waals surface area contributed by atoms with Gasteiger partial charge in [-0.25, -0.2) is 4.39 Å². The van der Waals surface area contributed by atoms with E-state index in [1.54, 1.807) is 45.9 Å². The van der Waals surface area contributed by atoms with Crippen LogP contribution in [0.15, 0.2) is 43.0 Å². The van der Waals surface area contributed by atoms with Crippen LogP contribution in [0.1, 0.15) is 47.6 Å². The molecule has 0 saturated carbocycles. The van der Waals surface area contributed by atoms with Gasteiger partial charge in [-0.05, 0) is 68.0 Å². The molecule has 0 heterocycles. The van der Waals surface area contributed by atoms with Gasteiger partial charge in [0, 0.05) is 0 Å². The molecule has 4 heteroatoms. The molecule has 0 spiro atoms. The van der Waals surface area contributed by atoms with Crippen LogP contribution in [0.2, 0.25) is 0 Å². The van der Waals surface area contributed by atoms with Crippen LogP contribution in [0.5, 0.6) is 0 Å². The van der Waals surface area contributed by atoms with Gasteiger partial charge in [0.2, 0.25) is 0 Å². The predicted molar refractivity (Wildman–Crippen MR) is 98.7 cm³/mol. The van der Waals surface area contributed by atoms with Gasteiger partial charge in [0.05, 0.1) is 5.41 Å². The highest BCUT2D eigenvalue weighted by Crippen LogP contribution is 2.49. The second-order valence-electron chi connectivity index (χ2n) is 7.05. The summed E-state index contributed by atoms with van der Waals surface area (Å²) in [5.41, 5.74) is 1.11. The molecule has 0 saturated heterocycles. The van der Waals surface area contributed by atoms with Crippen molar-refractivity contribution in [2.75, 3.05) is 0 Å². The molecule has 1 atom stereocenters. The van der Waals surface area contributed by atoms with E-state index in [0.717, 1.165) is 11.1 Å². The molecule has 2 aromatic rings. The monoisotopic (exact) mass is 364 g/mol. The van der Waals surface area contributed by atoms with E-state index in [4.69, 9.17) is 0 Å². The van der Waals surface area contributed by atoms with E-state index in [1.165, 1.54) is 12.1 Å². The molecule has 0 N–H and O–H groups in total. The summed E-state index contributed by atoms with van der Waals surface area (Å²) in [6.45, 7) is 10.6. The number of hydrogen-bond acceptors (Lipinski definition) is 0. The minimum absolute atomic E-state index is 0.0986. The van der Waals surface area contributed by atoms with Crippen LogP contribution in [0.4, 0.5) is 17.6 Å². The van der Waals surface area contributed by atoms with E-state index >= 15 is 0 Å². The summed E-state index contributed by atoms with van der Waals surface area (Å²) >= 11 is 0. The minimum Gasteiger partial charge on any atom is -0.207 e. The van der Waals surface area contributed by atoms with Crippen molar-refractivity contribution in [3.8, 4) is 0 Å². The van der Waals surface area contributed by atoms with Crippen molar-refractivity contribution < 1.29 is 17.6 Å². The highest BCUT2D eigenvalue weighted by atomic mass is 19.4. The summed E-state index contributed by atoms with van der Waals surface area (Å²) in [5.74, 6) is -0.381. The number of aryl methyl sites for hydroxylation is 3. The summed E-state index contributed by atoms with van der Waals surface area (Å²) in [4.78, 5) is 0. The van der Waals surface area contributed by atoms with Gasteiger partial charge in [0.25, 0.3) is 0 Å². The van der Waals surface area contributed by atoms with Gasteiger partial charge in [-0.3, -0.25) is 0 Å². The third-order valence-corrected chi connectivity index (χ3v) is 5.00. The molecule has 140 valence electrons. The molecular formula is C22H24F4. The van der Waals surface area contributed by atoms with Crippen molar-refractivity contribution in [2.45, 2.75) is 52.1 Å². The Hall–Kier alpha value is -2.10. The largest absolute Gasteiger partial charge is 0.398 e. The standard InChI is InChI=1S/C22H24F4/c1-6-21(22(24,25)26,19-10-14(2)9-15(3)11-19)13-17(5)18-7-8-20(23)16(4)12-18/h7-12H,5-6,13H2,1-4H3.